The summed E-state index contributed by atoms with van der Waals surface area (Å²) in [7, 11) is 0. The van der Waals surface area contributed by atoms with Gasteiger partial charge < -0.3 is 4.74 Å². The van der Waals surface area contributed by atoms with E-state index in [4.69, 9.17) is 4.74 Å². The van der Waals surface area contributed by atoms with Gasteiger partial charge in [0, 0.05) is 6.54 Å². The van der Waals surface area contributed by atoms with Crippen LogP contribution in [0.1, 0.15) is 24.8 Å². The Morgan fingerprint density at radius 1 is 1.72 bits per heavy atom. The maximum atomic E-state index is 11.7. The maximum Gasteiger partial charge on any atom is 0.310 e. The molecule has 1 saturated heterocycles. The normalized spacial score (nSPS) is 20.9. The van der Waals surface area contributed by atoms with E-state index in [2.05, 4.69) is 25.8 Å². The van der Waals surface area contributed by atoms with E-state index in [1.165, 1.54) is 0 Å². The molecular weight excluding hydrogens is 316 g/mol. The Balaban J connectivity index is 1.88. The molecule has 0 aromatic carbocycles. The molecule has 1 aromatic heterocycles. The molecule has 6 heteroatoms. The van der Waals surface area contributed by atoms with Crippen LogP contribution in [0.3, 0.4) is 0 Å². The summed E-state index contributed by atoms with van der Waals surface area (Å²) in [6.45, 7) is 4.97. The van der Waals surface area contributed by atoms with E-state index in [1.54, 1.807) is 11.3 Å². The fourth-order valence-corrected chi connectivity index (χ4v) is 3.55. The van der Waals surface area contributed by atoms with Crippen molar-refractivity contribution in [2.45, 2.75) is 26.3 Å². The Labute approximate surface area is 119 Å². The van der Waals surface area contributed by atoms with E-state index < -0.39 is 0 Å². The summed E-state index contributed by atoms with van der Waals surface area (Å²) in [5.74, 6) is -0.0235. The van der Waals surface area contributed by atoms with Gasteiger partial charge in [0.25, 0.3) is 0 Å². The van der Waals surface area contributed by atoms with E-state index in [9.17, 15) is 4.79 Å². The van der Waals surface area contributed by atoms with E-state index in [0.29, 0.717) is 6.61 Å². The lowest BCUT2D eigenvalue weighted by Gasteiger charge is -2.30. The molecule has 1 aliphatic heterocycles. The Morgan fingerprint density at radius 3 is 3.22 bits per heavy atom. The lowest BCUT2D eigenvalue weighted by Crippen LogP contribution is -2.38. The molecule has 0 spiro atoms. The third-order valence-electron chi connectivity index (χ3n) is 3.01. The van der Waals surface area contributed by atoms with Gasteiger partial charge in [-0.25, -0.2) is 4.98 Å². The van der Waals surface area contributed by atoms with Crippen LogP contribution in [0.2, 0.25) is 0 Å². The van der Waals surface area contributed by atoms with E-state index >= 15 is 0 Å². The first-order valence-electron chi connectivity index (χ1n) is 6.18. The van der Waals surface area contributed by atoms with Crippen LogP contribution in [0.25, 0.3) is 0 Å². The standard InChI is InChI=1S/C12H17BrN2O2S/c1-2-17-12(16)9-4-3-5-15(7-9)8-11-14-6-10(13)18-11/h6,9H,2-5,7-8H2,1H3. The van der Waals surface area contributed by atoms with Gasteiger partial charge in [-0.2, -0.15) is 0 Å². The van der Waals surface area contributed by atoms with Crippen molar-refractivity contribution in [2.24, 2.45) is 5.92 Å². The molecule has 1 aliphatic rings. The highest BCUT2D eigenvalue weighted by molar-refractivity contribution is 9.11. The molecule has 4 nitrogen and oxygen atoms in total. The number of esters is 1. The Kier molecular flexibility index (Phi) is 5.14. The van der Waals surface area contributed by atoms with Crippen molar-refractivity contribution >= 4 is 33.2 Å². The lowest BCUT2D eigenvalue weighted by molar-refractivity contribution is -0.150. The van der Waals surface area contributed by atoms with Crippen molar-refractivity contribution in [1.29, 1.82) is 0 Å². The third-order valence-corrected chi connectivity index (χ3v) is 4.47. The largest absolute Gasteiger partial charge is 0.466 e. The van der Waals surface area contributed by atoms with E-state index in [-0.39, 0.29) is 11.9 Å². The molecule has 0 N–H and O–H groups in total. The number of likely N-dealkylation sites (tertiary alicyclic amines) is 1. The topological polar surface area (TPSA) is 42.4 Å². The van der Waals surface area contributed by atoms with Gasteiger partial charge >= 0.3 is 5.97 Å². The Morgan fingerprint density at radius 2 is 2.56 bits per heavy atom. The smallest absolute Gasteiger partial charge is 0.310 e. The minimum Gasteiger partial charge on any atom is -0.466 e. The molecule has 2 heterocycles. The van der Waals surface area contributed by atoms with E-state index in [0.717, 1.165) is 41.3 Å². The quantitative estimate of drug-likeness (QED) is 0.795. The van der Waals surface area contributed by atoms with Gasteiger partial charge in [0.2, 0.25) is 0 Å². The molecule has 1 aromatic rings. The van der Waals surface area contributed by atoms with Crippen molar-refractivity contribution in [2.75, 3.05) is 19.7 Å². The molecule has 18 heavy (non-hydrogen) atoms. The summed E-state index contributed by atoms with van der Waals surface area (Å²) in [5, 5.41) is 1.09. The number of carbonyl (C=O) groups is 1. The highest BCUT2D eigenvalue weighted by Crippen LogP contribution is 2.23. The minimum atomic E-state index is -0.0532. The zero-order valence-electron chi connectivity index (χ0n) is 10.4. The van der Waals surface area contributed by atoms with E-state index in [1.807, 2.05) is 13.1 Å². The highest BCUT2D eigenvalue weighted by atomic mass is 79.9. The number of piperidine rings is 1. The average molecular weight is 333 g/mol. The van der Waals surface area contributed by atoms with Crippen LogP contribution in [0.4, 0.5) is 0 Å². The van der Waals surface area contributed by atoms with Crippen LogP contribution in [0.15, 0.2) is 9.98 Å². The molecule has 0 saturated carbocycles. The van der Waals surface area contributed by atoms with Gasteiger partial charge in [0.1, 0.15) is 5.01 Å². The summed E-state index contributed by atoms with van der Waals surface area (Å²) >= 11 is 5.06. The number of rotatable bonds is 4. The maximum absolute atomic E-state index is 11.7. The summed E-state index contributed by atoms with van der Waals surface area (Å²) in [6.07, 6.45) is 3.82. The van der Waals surface area contributed by atoms with Gasteiger partial charge in [-0.1, -0.05) is 0 Å². The summed E-state index contributed by atoms with van der Waals surface area (Å²) in [5.41, 5.74) is 0. The first-order valence-corrected chi connectivity index (χ1v) is 7.79. The van der Waals surface area contributed by atoms with Crippen LogP contribution < -0.4 is 0 Å². The van der Waals surface area contributed by atoms with Crippen LogP contribution >= 0.6 is 27.3 Å². The molecule has 1 fully saturated rings. The van der Waals surface area contributed by atoms with Gasteiger partial charge in [0.15, 0.2) is 0 Å². The zero-order valence-corrected chi connectivity index (χ0v) is 12.8. The van der Waals surface area contributed by atoms with Crippen molar-refractivity contribution in [3.8, 4) is 0 Å². The fraction of sp³-hybridized carbons (Fsp3) is 0.667. The number of hydrogen-bond acceptors (Lipinski definition) is 5. The molecule has 0 bridgehead atoms. The number of carbonyl (C=O) groups excluding carboxylic acids is 1. The second kappa shape index (κ2) is 6.63. The predicted octanol–water partition coefficient (Wildman–Crippen LogP) is 2.68. The van der Waals surface area contributed by atoms with Crippen molar-refractivity contribution in [3.63, 3.8) is 0 Å². The van der Waals surface area contributed by atoms with Crippen LogP contribution in [-0.4, -0.2) is 35.5 Å². The van der Waals surface area contributed by atoms with Crippen molar-refractivity contribution in [3.05, 3.63) is 15.0 Å². The number of nitrogens with zero attached hydrogens (tertiary/aromatic N) is 2. The summed E-state index contributed by atoms with van der Waals surface area (Å²) in [6, 6.07) is 0. The summed E-state index contributed by atoms with van der Waals surface area (Å²) in [4.78, 5) is 18.3. The van der Waals surface area contributed by atoms with Gasteiger partial charge in [0.05, 0.1) is 29.1 Å². The molecule has 1 unspecified atom stereocenters. The monoisotopic (exact) mass is 332 g/mol. The number of halogens is 1. The molecule has 0 amide bonds. The number of thiazole rings is 1. The average Bonchev–Trinajstić information content (AvgIpc) is 2.75. The number of ether oxygens (including phenoxy) is 1. The molecule has 100 valence electrons. The minimum absolute atomic E-state index is 0.0297. The highest BCUT2D eigenvalue weighted by Gasteiger charge is 2.27. The molecule has 0 aliphatic carbocycles. The zero-order chi connectivity index (χ0) is 13.0. The Bertz CT molecular complexity index is 411. The van der Waals surface area contributed by atoms with Crippen LogP contribution in [0.5, 0.6) is 0 Å². The summed E-state index contributed by atoms with van der Waals surface area (Å²) < 4.78 is 6.15. The SMILES string of the molecule is CCOC(=O)C1CCCN(Cc2ncc(Br)s2)C1. The fourth-order valence-electron chi connectivity index (χ4n) is 2.20. The van der Waals surface area contributed by atoms with Crippen LogP contribution in [-0.2, 0) is 16.1 Å². The van der Waals surface area contributed by atoms with Crippen molar-refractivity contribution < 1.29 is 9.53 Å². The lowest BCUT2D eigenvalue weighted by atomic mass is 9.98. The second-order valence-corrected chi connectivity index (χ2v) is 6.88. The van der Waals surface area contributed by atoms with Gasteiger partial charge in [-0.05, 0) is 42.2 Å². The first kappa shape index (κ1) is 14.0. The molecule has 0 radical (unpaired) electrons. The van der Waals surface area contributed by atoms with Crippen LogP contribution in [0, 0.1) is 5.92 Å². The Hall–Kier alpha value is -0.460. The molecular formula is C12H17BrN2O2S. The number of aromatic nitrogens is 1. The molecule has 1 atom stereocenters. The third kappa shape index (κ3) is 3.76. The van der Waals surface area contributed by atoms with Gasteiger partial charge in [-0.15, -0.1) is 11.3 Å². The second-order valence-electron chi connectivity index (χ2n) is 4.38. The molecule has 2 rings (SSSR count). The number of hydrogen-bond donors (Lipinski definition) is 0. The van der Waals surface area contributed by atoms with Crippen molar-refractivity contribution in [1.82, 2.24) is 9.88 Å². The van der Waals surface area contributed by atoms with Gasteiger partial charge in [-0.3, -0.25) is 9.69 Å². The predicted molar refractivity (Wildman–Crippen MR) is 74.4 cm³/mol. The first-order chi connectivity index (χ1) is 8.69.